The van der Waals surface area contributed by atoms with Crippen LogP contribution in [0.1, 0.15) is 50.9 Å². The molecule has 4 heterocycles. The largest absolute Gasteiger partial charge is 0.262 e. The highest BCUT2D eigenvalue weighted by atomic mass is 14.9. The van der Waals surface area contributed by atoms with Crippen molar-refractivity contribution in [2.75, 3.05) is 0 Å². The highest BCUT2D eigenvalue weighted by Gasteiger charge is 2.07. The Hall–Kier alpha value is -3.02. The first-order valence-corrected chi connectivity index (χ1v) is 8.68. The molecule has 0 amide bonds. The molecule has 0 unspecified atom stereocenters. The molecule has 4 aromatic rings. The van der Waals surface area contributed by atoms with Crippen molar-refractivity contribution in [3.63, 3.8) is 0 Å². The van der Waals surface area contributed by atoms with Gasteiger partial charge in [-0.1, -0.05) is 27.7 Å². The van der Waals surface area contributed by atoms with Crippen LogP contribution in [0.15, 0.2) is 49.4 Å². The van der Waals surface area contributed by atoms with Crippen LogP contribution in [0.3, 0.4) is 0 Å². The molecule has 0 fully saturated rings. The fourth-order valence-electron chi connectivity index (χ4n) is 2.76. The van der Waals surface area contributed by atoms with Crippen LogP contribution < -0.4 is 0 Å². The van der Waals surface area contributed by atoms with Gasteiger partial charge in [-0.25, -0.2) is 24.9 Å². The summed E-state index contributed by atoms with van der Waals surface area (Å²) in [6.45, 7) is 8.49. The van der Waals surface area contributed by atoms with Crippen LogP contribution in [-0.4, -0.2) is 29.9 Å². The highest BCUT2D eigenvalue weighted by molar-refractivity contribution is 5.79. The van der Waals surface area contributed by atoms with E-state index in [1.54, 1.807) is 31.2 Å². The smallest absolute Gasteiger partial charge is 0.162 e. The van der Waals surface area contributed by atoms with Gasteiger partial charge in [0.2, 0.25) is 0 Å². The molecule has 6 nitrogen and oxygen atoms in total. The van der Waals surface area contributed by atoms with Crippen LogP contribution in [0.5, 0.6) is 0 Å². The molecule has 4 rings (SSSR count). The summed E-state index contributed by atoms with van der Waals surface area (Å²) in [4.78, 5) is 25.0. The molecule has 4 aromatic heterocycles. The first-order chi connectivity index (χ1) is 12.6. The number of rotatable bonds is 2. The van der Waals surface area contributed by atoms with Crippen molar-refractivity contribution in [2.45, 2.75) is 39.5 Å². The molecule has 0 aliphatic carbocycles. The van der Waals surface area contributed by atoms with Crippen LogP contribution in [0, 0.1) is 0 Å². The van der Waals surface area contributed by atoms with Crippen molar-refractivity contribution in [3.8, 4) is 0 Å². The van der Waals surface area contributed by atoms with Gasteiger partial charge in [0.25, 0.3) is 0 Å². The van der Waals surface area contributed by atoms with Crippen LogP contribution in [0.25, 0.3) is 21.9 Å². The molecule has 0 aromatic carbocycles. The summed E-state index contributed by atoms with van der Waals surface area (Å²) in [5.41, 5.74) is 3.85. The van der Waals surface area contributed by atoms with E-state index in [9.17, 15) is 0 Å². The molecule has 0 atom stereocenters. The van der Waals surface area contributed by atoms with Crippen molar-refractivity contribution in [3.05, 3.63) is 60.8 Å². The zero-order chi connectivity index (χ0) is 18.5. The predicted octanol–water partition coefficient (Wildman–Crippen LogP) is 4.30. The molecule has 0 radical (unpaired) electrons. The van der Waals surface area contributed by atoms with Crippen molar-refractivity contribution in [2.24, 2.45) is 0 Å². The Bertz CT molecular complexity index is 919. The summed E-state index contributed by atoms with van der Waals surface area (Å²) in [6, 6.07) is 5.89. The van der Waals surface area contributed by atoms with Crippen molar-refractivity contribution < 1.29 is 0 Å². The van der Waals surface area contributed by atoms with E-state index in [-0.39, 0.29) is 0 Å². The van der Waals surface area contributed by atoms with Crippen molar-refractivity contribution in [1.82, 2.24) is 29.9 Å². The fourth-order valence-corrected chi connectivity index (χ4v) is 2.76. The van der Waals surface area contributed by atoms with E-state index in [4.69, 9.17) is 0 Å². The standard InChI is InChI=1S/2C10H11N3/c1-7(2)10-8-3-4-11-5-9(8)12-6-13-10;1-7(2)9-8-4-3-5-11-10(8)13-6-12-9/h2*3-7H,1-2H3. The summed E-state index contributed by atoms with van der Waals surface area (Å²) >= 11 is 0. The minimum atomic E-state index is 0.412. The fraction of sp³-hybridized carbons (Fsp3) is 0.300. The van der Waals surface area contributed by atoms with E-state index in [0.29, 0.717) is 11.8 Å². The summed E-state index contributed by atoms with van der Waals surface area (Å²) in [5, 5.41) is 2.16. The molecular formula is C20H22N6. The first-order valence-electron chi connectivity index (χ1n) is 8.68. The normalized spacial score (nSPS) is 11.0. The lowest BCUT2D eigenvalue weighted by Gasteiger charge is -2.06. The van der Waals surface area contributed by atoms with Crippen LogP contribution in [0.2, 0.25) is 0 Å². The van der Waals surface area contributed by atoms with Gasteiger partial charge in [-0.05, 0) is 30.0 Å². The molecule has 0 spiro atoms. The number of hydrogen-bond acceptors (Lipinski definition) is 6. The summed E-state index contributed by atoms with van der Waals surface area (Å²) in [7, 11) is 0. The maximum Gasteiger partial charge on any atom is 0.162 e. The van der Waals surface area contributed by atoms with Gasteiger partial charge in [0, 0.05) is 23.2 Å². The minimum absolute atomic E-state index is 0.412. The van der Waals surface area contributed by atoms with Gasteiger partial charge < -0.3 is 0 Å². The maximum absolute atomic E-state index is 4.27. The number of nitrogens with zero attached hydrogens (tertiary/aromatic N) is 6. The molecule has 0 aliphatic rings. The molecule has 0 aliphatic heterocycles. The SMILES string of the molecule is CC(C)c1ncnc2cnccc12.CC(C)c1ncnc2ncccc12. The van der Waals surface area contributed by atoms with Gasteiger partial charge in [0.05, 0.1) is 23.1 Å². The summed E-state index contributed by atoms with van der Waals surface area (Å²) < 4.78 is 0. The Morgan fingerprint density at radius 2 is 1.38 bits per heavy atom. The number of aromatic nitrogens is 6. The van der Waals surface area contributed by atoms with Gasteiger partial charge in [0.15, 0.2) is 5.65 Å². The predicted molar refractivity (Wildman–Crippen MR) is 103 cm³/mol. The van der Waals surface area contributed by atoms with E-state index in [2.05, 4.69) is 57.6 Å². The topological polar surface area (TPSA) is 77.3 Å². The Labute approximate surface area is 152 Å². The third kappa shape index (κ3) is 3.79. The third-order valence-electron chi connectivity index (χ3n) is 4.00. The molecular weight excluding hydrogens is 324 g/mol. The molecule has 0 N–H and O–H groups in total. The lowest BCUT2D eigenvalue weighted by atomic mass is 10.1. The zero-order valence-electron chi connectivity index (χ0n) is 15.5. The molecule has 0 saturated carbocycles. The number of pyridine rings is 2. The summed E-state index contributed by atoms with van der Waals surface area (Å²) in [5.74, 6) is 0.836. The van der Waals surface area contributed by atoms with E-state index >= 15 is 0 Å². The van der Waals surface area contributed by atoms with E-state index in [1.807, 2.05) is 18.2 Å². The Morgan fingerprint density at radius 1 is 0.692 bits per heavy atom. The molecule has 26 heavy (non-hydrogen) atoms. The van der Waals surface area contributed by atoms with Crippen molar-refractivity contribution in [1.29, 1.82) is 0 Å². The van der Waals surface area contributed by atoms with Gasteiger partial charge >= 0.3 is 0 Å². The highest BCUT2D eigenvalue weighted by Crippen LogP contribution is 2.20. The molecule has 0 bridgehead atoms. The molecule has 0 saturated heterocycles. The molecule has 6 heteroatoms. The van der Waals surface area contributed by atoms with E-state index in [0.717, 1.165) is 33.3 Å². The van der Waals surface area contributed by atoms with Crippen LogP contribution in [-0.2, 0) is 0 Å². The van der Waals surface area contributed by atoms with Crippen molar-refractivity contribution >= 4 is 21.9 Å². The second-order valence-corrected chi connectivity index (χ2v) is 6.59. The van der Waals surface area contributed by atoms with E-state index < -0.39 is 0 Å². The monoisotopic (exact) mass is 346 g/mol. The minimum Gasteiger partial charge on any atom is -0.262 e. The Balaban J connectivity index is 0.000000151. The second kappa shape index (κ2) is 7.91. The zero-order valence-corrected chi connectivity index (χ0v) is 15.5. The van der Waals surface area contributed by atoms with Crippen LogP contribution >= 0.6 is 0 Å². The van der Waals surface area contributed by atoms with E-state index in [1.165, 1.54) is 0 Å². The van der Waals surface area contributed by atoms with Gasteiger partial charge in [-0.15, -0.1) is 0 Å². The maximum atomic E-state index is 4.27. The van der Waals surface area contributed by atoms with Crippen LogP contribution in [0.4, 0.5) is 0 Å². The average Bonchev–Trinajstić information content (AvgIpc) is 2.67. The lowest BCUT2D eigenvalue weighted by Crippen LogP contribution is -1.96. The third-order valence-corrected chi connectivity index (χ3v) is 4.00. The second-order valence-electron chi connectivity index (χ2n) is 6.59. The van der Waals surface area contributed by atoms with Gasteiger partial charge in [0.1, 0.15) is 12.7 Å². The lowest BCUT2D eigenvalue weighted by molar-refractivity contribution is 0.827. The number of hydrogen-bond donors (Lipinski definition) is 0. The number of fused-ring (bicyclic) bond motifs is 2. The first kappa shape index (κ1) is 17.8. The quantitative estimate of drug-likeness (QED) is 0.538. The Kier molecular flexibility index (Phi) is 5.41. The van der Waals surface area contributed by atoms with Gasteiger partial charge in [-0.3, -0.25) is 4.98 Å². The Morgan fingerprint density at radius 3 is 2.12 bits per heavy atom. The molecule has 132 valence electrons. The summed E-state index contributed by atoms with van der Waals surface area (Å²) in [6.07, 6.45) is 8.46. The average molecular weight is 346 g/mol. The van der Waals surface area contributed by atoms with Gasteiger partial charge in [-0.2, -0.15) is 0 Å².